The van der Waals surface area contributed by atoms with E-state index in [4.69, 9.17) is 48.3 Å². The number of amides is 1. The molecule has 1 aliphatic heterocycles. The third-order valence-electron chi connectivity index (χ3n) is 7.54. The quantitative estimate of drug-likeness (QED) is 0.0625. The number of nitrogens with zero attached hydrogens (tertiary/aromatic N) is 4. The molecular weight excluding hydrogens is 693 g/mol. The monoisotopic (exact) mass is 721 g/mol. The van der Waals surface area contributed by atoms with Gasteiger partial charge in [0.1, 0.15) is 5.75 Å². The number of benzene rings is 4. The van der Waals surface area contributed by atoms with Crippen LogP contribution in [0, 0.1) is 0 Å². The van der Waals surface area contributed by atoms with Crippen LogP contribution in [0.25, 0.3) is 10.4 Å². The summed E-state index contributed by atoms with van der Waals surface area (Å²) < 4.78 is 13.1. The Balaban J connectivity index is 1.60. The standard InChI is InChI=1S/C34H30BrCl2N5O4/c35-28-9-4-3-8-27(28)31-34(19-24-6-1-2-7-25(24)21-40-42-38,33(44)39-20-22-10-15-29(36)30(37)18-22)41-32(46-31)23-11-13-26(14-12-23)45-17-5-16-43/h1-4,6-15,18,31,43H,5,16-17,19-21H2,(H,39,44)/t31-,34-/m1/s1. The fourth-order valence-corrected chi connectivity index (χ4v) is 6.03. The van der Waals surface area contributed by atoms with E-state index in [0.29, 0.717) is 40.3 Å². The first-order chi connectivity index (χ1) is 22.3. The second-order valence-corrected chi connectivity index (χ2v) is 12.2. The molecule has 2 N–H and O–H groups in total. The zero-order chi connectivity index (χ0) is 32.5. The minimum atomic E-state index is -1.47. The van der Waals surface area contributed by atoms with Crippen LogP contribution in [0.2, 0.25) is 10.0 Å². The molecule has 0 unspecified atom stereocenters. The van der Waals surface area contributed by atoms with E-state index < -0.39 is 11.6 Å². The summed E-state index contributed by atoms with van der Waals surface area (Å²) >= 11 is 16.0. The normalized spacial score (nSPS) is 17.0. The predicted molar refractivity (Wildman–Crippen MR) is 182 cm³/mol. The summed E-state index contributed by atoms with van der Waals surface area (Å²) in [7, 11) is 0. The van der Waals surface area contributed by atoms with Crippen molar-refractivity contribution in [1.29, 1.82) is 0 Å². The van der Waals surface area contributed by atoms with Gasteiger partial charge >= 0.3 is 0 Å². The van der Waals surface area contributed by atoms with Crippen LogP contribution in [0.3, 0.4) is 0 Å². The summed E-state index contributed by atoms with van der Waals surface area (Å²) in [6, 6.07) is 27.5. The molecule has 1 heterocycles. The SMILES string of the molecule is [N-]=[N+]=NCc1ccccc1C[C@@]1(C(=O)NCc2ccc(Cl)c(Cl)c2)N=C(c2ccc(OCCCO)cc2)O[C@@H]1c1ccccc1Br. The number of rotatable bonds is 13. The average molecular weight is 723 g/mol. The third kappa shape index (κ3) is 7.66. The number of carbonyl (C=O) groups is 1. The number of hydrogen-bond donors (Lipinski definition) is 2. The fourth-order valence-electron chi connectivity index (χ4n) is 5.21. The van der Waals surface area contributed by atoms with Crippen molar-refractivity contribution in [2.45, 2.75) is 37.6 Å². The van der Waals surface area contributed by atoms with Crippen LogP contribution < -0.4 is 10.1 Å². The number of ether oxygens (including phenoxy) is 2. The molecule has 4 aromatic carbocycles. The largest absolute Gasteiger partial charge is 0.494 e. The molecule has 0 saturated carbocycles. The van der Waals surface area contributed by atoms with E-state index in [1.165, 1.54) is 0 Å². The van der Waals surface area contributed by atoms with Crippen LogP contribution in [0.1, 0.15) is 40.3 Å². The third-order valence-corrected chi connectivity index (χ3v) is 9.00. The molecule has 0 bridgehead atoms. The van der Waals surface area contributed by atoms with Gasteiger partial charge in [-0.3, -0.25) is 4.79 Å². The highest BCUT2D eigenvalue weighted by molar-refractivity contribution is 9.10. The first kappa shape index (κ1) is 33.3. The second kappa shape index (κ2) is 15.5. The van der Waals surface area contributed by atoms with E-state index in [-0.39, 0.29) is 32.0 Å². The van der Waals surface area contributed by atoms with Crippen molar-refractivity contribution >= 4 is 50.9 Å². The number of aliphatic hydroxyl groups excluding tert-OH is 1. The Hall–Kier alpha value is -4.05. The first-order valence-electron chi connectivity index (χ1n) is 14.5. The van der Waals surface area contributed by atoms with Crippen LogP contribution in [0.4, 0.5) is 0 Å². The van der Waals surface area contributed by atoms with E-state index in [1.54, 1.807) is 30.3 Å². The number of halogens is 3. The van der Waals surface area contributed by atoms with Crippen molar-refractivity contribution in [3.05, 3.63) is 144 Å². The van der Waals surface area contributed by atoms with E-state index in [9.17, 15) is 4.79 Å². The molecule has 4 aromatic rings. The molecule has 5 rings (SSSR count). The molecule has 0 spiro atoms. The zero-order valence-electron chi connectivity index (χ0n) is 24.6. The van der Waals surface area contributed by atoms with E-state index in [0.717, 1.165) is 26.7 Å². The first-order valence-corrected chi connectivity index (χ1v) is 16.0. The fraction of sp³-hybridized carbons (Fsp3) is 0.235. The van der Waals surface area contributed by atoms with Crippen molar-refractivity contribution in [2.24, 2.45) is 10.1 Å². The lowest BCUT2D eigenvalue weighted by Gasteiger charge is -2.32. The number of carbonyl (C=O) groups excluding carboxylic acids is 1. The molecule has 46 heavy (non-hydrogen) atoms. The molecule has 0 aromatic heterocycles. The minimum absolute atomic E-state index is 0.0420. The van der Waals surface area contributed by atoms with Gasteiger partial charge in [0.2, 0.25) is 5.90 Å². The Morgan fingerprint density at radius 2 is 1.78 bits per heavy atom. The highest BCUT2D eigenvalue weighted by Crippen LogP contribution is 2.45. The van der Waals surface area contributed by atoms with Crippen LogP contribution >= 0.6 is 39.1 Å². The van der Waals surface area contributed by atoms with Gasteiger partial charge in [0.25, 0.3) is 5.91 Å². The lowest BCUT2D eigenvalue weighted by atomic mass is 9.81. The van der Waals surface area contributed by atoms with Gasteiger partial charge in [0.05, 0.1) is 23.2 Å². The zero-order valence-corrected chi connectivity index (χ0v) is 27.7. The van der Waals surface area contributed by atoms with Gasteiger partial charge in [0.15, 0.2) is 11.6 Å². The predicted octanol–water partition coefficient (Wildman–Crippen LogP) is 8.14. The molecule has 0 radical (unpaired) electrons. The molecule has 12 heteroatoms. The van der Waals surface area contributed by atoms with Crippen LogP contribution in [0.5, 0.6) is 5.75 Å². The molecule has 236 valence electrons. The summed E-state index contributed by atoms with van der Waals surface area (Å²) in [5, 5.41) is 16.7. The number of azide groups is 1. The molecule has 0 aliphatic carbocycles. The highest BCUT2D eigenvalue weighted by atomic mass is 79.9. The Morgan fingerprint density at radius 3 is 2.50 bits per heavy atom. The van der Waals surface area contributed by atoms with Gasteiger partial charge in [-0.05, 0) is 64.7 Å². The van der Waals surface area contributed by atoms with Gasteiger partial charge in [-0.1, -0.05) is 92.8 Å². The lowest BCUT2D eigenvalue weighted by molar-refractivity contribution is -0.129. The summed E-state index contributed by atoms with van der Waals surface area (Å²) in [5.41, 5.74) is 11.3. The molecular formula is C34H30BrCl2N5O4. The molecule has 2 atom stereocenters. The van der Waals surface area contributed by atoms with Crippen molar-refractivity contribution < 1.29 is 19.4 Å². The van der Waals surface area contributed by atoms with Crippen molar-refractivity contribution in [1.82, 2.24) is 5.32 Å². The molecule has 0 fully saturated rings. The average Bonchev–Trinajstić information content (AvgIpc) is 3.45. The van der Waals surface area contributed by atoms with E-state index in [2.05, 4.69) is 31.3 Å². The highest BCUT2D eigenvalue weighted by Gasteiger charge is 2.54. The topological polar surface area (TPSA) is 129 Å². The Bertz CT molecular complexity index is 1780. The molecule has 9 nitrogen and oxygen atoms in total. The smallest absolute Gasteiger partial charge is 0.252 e. The summed E-state index contributed by atoms with van der Waals surface area (Å²) in [4.78, 5) is 22.6. The Labute approximate surface area is 284 Å². The Morgan fingerprint density at radius 1 is 1.04 bits per heavy atom. The maximum absolute atomic E-state index is 14.6. The van der Waals surface area contributed by atoms with Gasteiger partial charge in [-0.25, -0.2) is 4.99 Å². The number of nitrogens with one attached hydrogen (secondary N) is 1. The number of hydrogen-bond acceptors (Lipinski definition) is 6. The molecule has 1 aliphatic rings. The van der Waals surface area contributed by atoms with Crippen molar-refractivity contribution in [3.8, 4) is 5.75 Å². The van der Waals surface area contributed by atoms with Crippen LogP contribution in [0.15, 0.2) is 106 Å². The van der Waals surface area contributed by atoms with Crippen molar-refractivity contribution in [2.75, 3.05) is 13.2 Å². The molecule has 0 saturated heterocycles. The number of aliphatic hydroxyl groups is 1. The van der Waals surface area contributed by atoms with E-state index in [1.807, 2.05) is 60.7 Å². The van der Waals surface area contributed by atoms with E-state index >= 15 is 0 Å². The summed E-state index contributed by atoms with van der Waals surface area (Å²) in [6.45, 7) is 0.711. The van der Waals surface area contributed by atoms with Crippen molar-refractivity contribution in [3.63, 3.8) is 0 Å². The molecule has 1 amide bonds. The van der Waals surface area contributed by atoms with Gasteiger partial charge in [-0.15, -0.1) is 0 Å². The van der Waals surface area contributed by atoms with Crippen LogP contribution in [-0.4, -0.2) is 35.7 Å². The maximum atomic E-state index is 14.6. The number of aliphatic imine (C=N–C) groups is 1. The maximum Gasteiger partial charge on any atom is 0.252 e. The van der Waals surface area contributed by atoms with Gasteiger partial charge < -0.3 is 19.9 Å². The lowest BCUT2D eigenvalue weighted by Crippen LogP contribution is -2.50. The van der Waals surface area contributed by atoms with Gasteiger partial charge in [-0.2, -0.15) is 0 Å². The van der Waals surface area contributed by atoms with Crippen LogP contribution in [-0.2, 0) is 29.0 Å². The minimum Gasteiger partial charge on any atom is -0.494 e. The van der Waals surface area contributed by atoms with Gasteiger partial charge in [0, 0.05) is 46.5 Å². The Kier molecular flexibility index (Phi) is 11.2. The summed E-state index contributed by atoms with van der Waals surface area (Å²) in [6.07, 6.45) is -0.165. The second-order valence-electron chi connectivity index (χ2n) is 10.6. The summed E-state index contributed by atoms with van der Waals surface area (Å²) in [5.74, 6) is 0.563.